The Morgan fingerprint density at radius 3 is 2.63 bits per heavy atom. The zero-order valence-corrected chi connectivity index (χ0v) is 15.4. The quantitative estimate of drug-likeness (QED) is 0.589. The van der Waals surface area contributed by atoms with Gasteiger partial charge in [-0.1, -0.05) is 11.2 Å². The largest absolute Gasteiger partial charge is 0.493 e. The van der Waals surface area contributed by atoms with E-state index in [2.05, 4.69) is 10.1 Å². The lowest BCUT2D eigenvalue weighted by Crippen LogP contribution is -2.07. The van der Waals surface area contributed by atoms with Crippen LogP contribution < -0.4 is 9.47 Å². The van der Waals surface area contributed by atoms with Gasteiger partial charge in [-0.25, -0.2) is 4.79 Å². The van der Waals surface area contributed by atoms with Crippen molar-refractivity contribution in [3.63, 3.8) is 0 Å². The minimum Gasteiger partial charge on any atom is -0.493 e. The van der Waals surface area contributed by atoms with Gasteiger partial charge in [-0.15, -0.1) is 0 Å². The standard InChI is InChI=1S/C20H20N2O5/c1-13-17(14(2)27-22-13)12-25-18-8-7-15(10-19(18)24-3)20(23)26-11-16-6-4-5-9-21-16/h4-10H,11-12H2,1-3H3. The van der Waals surface area contributed by atoms with Crippen LogP contribution in [-0.2, 0) is 18.0 Å². The molecule has 0 aliphatic carbocycles. The SMILES string of the molecule is COc1cc(C(=O)OCc2ccccn2)ccc1OCc1c(C)noc1C. The zero-order chi connectivity index (χ0) is 19.2. The van der Waals surface area contributed by atoms with Crippen molar-refractivity contribution in [1.82, 2.24) is 10.1 Å². The van der Waals surface area contributed by atoms with Crippen molar-refractivity contribution in [2.75, 3.05) is 7.11 Å². The smallest absolute Gasteiger partial charge is 0.338 e. The first kappa shape index (κ1) is 18.4. The van der Waals surface area contributed by atoms with Gasteiger partial charge in [0.1, 0.15) is 19.0 Å². The van der Waals surface area contributed by atoms with Crippen molar-refractivity contribution >= 4 is 5.97 Å². The number of benzene rings is 1. The second-order valence-corrected chi connectivity index (χ2v) is 5.85. The summed E-state index contributed by atoms with van der Waals surface area (Å²) in [4.78, 5) is 16.4. The maximum atomic E-state index is 12.3. The molecule has 0 saturated carbocycles. The Morgan fingerprint density at radius 2 is 1.96 bits per heavy atom. The van der Waals surface area contributed by atoms with Crippen LogP contribution in [-0.4, -0.2) is 23.2 Å². The highest BCUT2D eigenvalue weighted by Gasteiger charge is 2.15. The number of hydrogen-bond acceptors (Lipinski definition) is 7. The molecule has 7 nitrogen and oxygen atoms in total. The van der Waals surface area contributed by atoms with Crippen LogP contribution in [0.5, 0.6) is 11.5 Å². The van der Waals surface area contributed by atoms with Crippen LogP contribution in [0.2, 0.25) is 0 Å². The van der Waals surface area contributed by atoms with Gasteiger partial charge in [-0.2, -0.15) is 0 Å². The fourth-order valence-electron chi connectivity index (χ4n) is 2.48. The second-order valence-electron chi connectivity index (χ2n) is 5.85. The van der Waals surface area contributed by atoms with Crippen molar-refractivity contribution in [2.45, 2.75) is 27.1 Å². The molecule has 7 heteroatoms. The Labute approximate surface area is 156 Å². The summed E-state index contributed by atoms with van der Waals surface area (Å²) in [5.74, 6) is 1.20. The average Bonchev–Trinajstić information content (AvgIpc) is 3.02. The third-order valence-electron chi connectivity index (χ3n) is 4.03. The molecule has 0 unspecified atom stereocenters. The molecule has 0 saturated heterocycles. The maximum absolute atomic E-state index is 12.3. The van der Waals surface area contributed by atoms with Crippen LogP contribution in [0.3, 0.4) is 0 Å². The monoisotopic (exact) mass is 368 g/mol. The van der Waals surface area contributed by atoms with Crippen molar-refractivity contribution in [3.05, 3.63) is 70.9 Å². The molecule has 0 atom stereocenters. The van der Waals surface area contributed by atoms with Gasteiger partial charge in [0.2, 0.25) is 0 Å². The highest BCUT2D eigenvalue weighted by molar-refractivity contribution is 5.90. The van der Waals surface area contributed by atoms with Gasteiger partial charge in [0, 0.05) is 6.20 Å². The van der Waals surface area contributed by atoms with E-state index in [1.165, 1.54) is 7.11 Å². The van der Waals surface area contributed by atoms with E-state index in [9.17, 15) is 4.79 Å². The van der Waals surface area contributed by atoms with Crippen LogP contribution in [0.4, 0.5) is 0 Å². The average molecular weight is 368 g/mol. The fraction of sp³-hybridized carbons (Fsp3) is 0.250. The molecule has 0 bridgehead atoms. The van der Waals surface area contributed by atoms with Gasteiger partial charge in [0.15, 0.2) is 11.5 Å². The molecule has 2 aromatic heterocycles. The molecule has 3 rings (SSSR count). The van der Waals surface area contributed by atoms with Crippen LogP contribution in [0.25, 0.3) is 0 Å². The molecule has 2 heterocycles. The molecule has 27 heavy (non-hydrogen) atoms. The van der Waals surface area contributed by atoms with Crippen molar-refractivity contribution in [2.24, 2.45) is 0 Å². The van der Waals surface area contributed by atoms with Gasteiger partial charge < -0.3 is 18.7 Å². The Bertz CT molecular complexity index is 902. The molecular weight excluding hydrogens is 348 g/mol. The first-order valence-corrected chi connectivity index (χ1v) is 8.38. The van der Waals surface area contributed by atoms with Crippen LogP contribution in [0.15, 0.2) is 47.1 Å². The molecular formula is C20H20N2O5. The van der Waals surface area contributed by atoms with Gasteiger partial charge in [0.05, 0.1) is 29.6 Å². The molecule has 0 N–H and O–H groups in total. The molecule has 0 aliphatic rings. The van der Waals surface area contributed by atoms with Gasteiger partial charge in [-0.3, -0.25) is 4.98 Å². The van der Waals surface area contributed by atoms with Gasteiger partial charge >= 0.3 is 5.97 Å². The van der Waals surface area contributed by atoms with Gasteiger partial charge in [0.25, 0.3) is 0 Å². The number of aromatic nitrogens is 2. The summed E-state index contributed by atoms with van der Waals surface area (Å²) in [7, 11) is 1.51. The summed E-state index contributed by atoms with van der Waals surface area (Å²) in [5.41, 5.74) is 2.71. The lowest BCUT2D eigenvalue weighted by molar-refractivity contribution is 0.0467. The molecule has 0 fully saturated rings. The Kier molecular flexibility index (Phi) is 5.71. The van der Waals surface area contributed by atoms with E-state index in [1.54, 1.807) is 36.5 Å². The van der Waals surface area contributed by atoms with E-state index in [-0.39, 0.29) is 6.61 Å². The van der Waals surface area contributed by atoms with Crippen molar-refractivity contribution in [3.8, 4) is 11.5 Å². The minimum absolute atomic E-state index is 0.103. The minimum atomic E-state index is -0.462. The molecule has 3 aromatic rings. The molecule has 0 spiro atoms. The summed E-state index contributed by atoms with van der Waals surface area (Å²) in [6, 6.07) is 10.3. The predicted molar refractivity (Wildman–Crippen MR) is 96.7 cm³/mol. The summed E-state index contributed by atoms with van der Waals surface area (Å²) in [6.07, 6.45) is 1.65. The van der Waals surface area contributed by atoms with Crippen LogP contribution in [0.1, 0.15) is 33.1 Å². The van der Waals surface area contributed by atoms with E-state index in [0.717, 1.165) is 11.3 Å². The molecule has 0 radical (unpaired) electrons. The third kappa shape index (κ3) is 4.44. The second kappa shape index (κ2) is 8.35. The number of esters is 1. The predicted octanol–water partition coefficient (Wildman–Crippen LogP) is 3.63. The number of pyridine rings is 1. The topological polar surface area (TPSA) is 83.7 Å². The third-order valence-corrected chi connectivity index (χ3v) is 4.03. The Balaban J connectivity index is 1.67. The maximum Gasteiger partial charge on any atom is 0.338 e. The highest BCUT2D eigenvalue weighted by Crippen LogP contribution is 2.30. The van der Waals surface area contributed by atoms with Crippen molar-refractivity contribution < 1.29 is 23.5 Å². The molecule has 0 aliphatic heterocycles. The lowest BCUT2D eigenvalue weighted by Gasteiger charge is -2.12. The first-order valence-electron chi connectivity index (χ1n) is 8.38. The summed E-state index contributed by atoms with van der Waals surface area (Å²) < 4.78 is 21.6. The molecule has 1 aromatic carbocycles. The zero-order valence-electron chi connectivity index (χ0n) is 15.4. The number of ether oxygens (including phenoxy) is 3. The number of rotatable bonds is 7. The number of carbonyl (C=O) groups excluding carboxylic acids is 1. The first-order chi connectivity index (χ1) is 13.1. The van der Waals surface area contributed by atoms with Gasteiger partial charge in [-0.05, 0) is 44.2 Å². The summed E-state index contributed by atoms with van der Waals surface area (Å²) in [5, 5.41) is 3.90. The van der Waals surface area contributed by atoms with E-state index >= 15 is 0 Å². The number of carbonyl (C=O) groups is 1. The highest BCUT2D eigenvalue weighted by atomic mass is 16.5. The molecule has 140 valence electrons. The van der Waals surface area contributed by atoms with E-state index in [1.807, 2.05) is 19.9 Å². The fourth-order valence-corrected chi connectivity index (χ4v) is 2.48. The summed E-state index contributed by atoms with van der Waals surface area (Å²) >= 11 is 0. The van der Waals surface area contributed by atoms with E-state index < -0.39 is 5.97 Å². The number of aryl methyl sites for hydroxylation is 2. The number of hydrogen-bond donors (Lipinski definition) is 0. The number of methoxy groups -OCH3 is 1. The van der Waals surface area contributed by atoms with Crippen LogP contribution >= 0.6 is 0 Å². The summed E-state index contributed by atoms with van der Waals surface area (Å²) in [6.45, 7) is 4.08. The van der Waals surface area contributed by atoms with Crippen LogP contribution in [0, 0.1) is 13.8 Å². The normalized spacial score (nSPS) is 10.5. The number of nitrogens with zero attached hydrogens (tertiary/aromatic N) is 2. The Hall–Kier alpha value is -3.35. The lowest BCUT2D eigenvalue weighted by atomic mass is 10.2. The molecule has 0 amide bonds. The van der Waals surface area contributed by atoms with Crippen molar-refractivity contribution in [1.29, 1.82) is 0 Å². The Morgan fingerprint density at radius 1 is 1.11 bits per heavy atom. The van der Waals surface area contributed by atoms with E-state index in [4.69, 9.17) is 18.7 Å². The van der Waals surface area contributed by atoms with E-state index in [0.29, 0.717) is 35.1 Å².